The van der Waals surface area contributed by atoms with Crippen LogP contribution in [0, 0.1) is 0 Å². The summed E-state index contributed by atoms with van der Waals surface area (Å²) in [5, 5.41) is 7.36. The molecule has 23 heavy (non-hydrogen) atoms. The summed E-state index contributed by atoms with van der Waals surface area (Å²) in [5.41, 5.74) is 2.70. The Morgan fingerprint density at radius 2 is 2.26 bits per heavy atom. The van der Waals surface area contributed by atoms with E-state index in [-0.39, 0.29) is 11.9 Å². The van der Waals surface area contributed by atoms with Crippen LogP contribution in [0.5, 0.6) is 0 Å². The number of hydrogen-bond acceptors (Lipinski definition) is 3. The quantitative estimate of drug-likeness (QED) is 0.830. The average molecular weight is 312 g/mol. The fourth-order valence-electron chi connectivity index (χ4n) is 3.25. The number of nitrogens with zero attached hydrogens (tertiary/aromatic N) is 3. The lowest BCUT2D eigenvalue weighted by Crippen LogP contribution is -2.39. The van der Waals surface area contributed by atoms with Crippen molar-refractivity contribution in [3.05, 3.63) is 53.9 Å². The first-order valence-electron chi connectivity index (χ1n) is 8.27. The summed E-state index contributed by atoms with van der Waals surface area (Å²) in [6.45, 7) is 1.88. The number of carbonyl (C=O) groups is 1. The van der Waals surface area contributed by atoms with Gasteiger partial charge in [-0.15, -0.1) is 0 Å². The summed E-state index contributed by atoms with van der Waals surface area (Å²) in [6, 6.07) is 10.6. The van der Waals surface area contributed by atoms with Gasteiger partial charge in [0.15, 0.2) is 0 Å². The van der Waals surface area contributed by atoms with Crippen molar-refractivity contribution < 1.29 is 4.79 Å². The van der Waals surface area contributed by atoms with Crippen molar-refractivity contribution in [1.82, 2.24) is 20.0 Å². The van der Waals surface area contributed by atoms with Gasteiger partial charge in [0, 0.05) is 26.0 Å². The molecule has 2 aromatic rings. The van der Waals surface area contributed by atoms with Gasteiger partial charge >= 0.3 is 0 Å². The minimum Gasteiger partial charge on any atom is -0.338 e. The second kappa shape index (κ2) is 7.42. The van der Waals surface area contributed by atoms with Crippen LogP contribution in [0.15, 0.2) is 42.7 Å². The first-order valence-corrected chi connectivity index (χ1v) is 8.27. The zero-order chi connectivity index (χ0) is 16.1. The van der Waals surface area contributed by atoms with Gasteiger partial charge in [0.2, 0.25) is 5.91 Å². The monoisotopic (exact) mass is 312 g/mol. The molecule has 1 unspecified atom stereocenters. The molecular formula is C18H24N4O. The molecule has 0 saturated carbocycles. The Labute approximate surface area is 137 Å². The lowest BCUT2D eigenvalue weighted by atomic mass is 9.87. The van der Waals surface area contributed by atoms with Gasteiger partial charge in [-0.05, 0) is 36.5 Å². The van der Waals surface area contributed by atoms with E-state index in [2.05, 4.69) is 34.7 Å². The highest BCUT2D eigenvalue weighted by molar-refractivity contribution is 5.78. The number of amides is 1. The molecule has 5 nitrogen and oxygen atoms in total. The minimum atomic E-state index is 0.146. The Morgan fingerprint density at radius 1 is 1.39 bits per heavy atom. The lowest BCUT2D eigenvalue weighted by Gasteiger charge is -2.33. The van der Waals surface area contributed by atoms with Crippen LogP contribution in [0.4, 0.5) is 0 Å². The van der Waals surface area contributed by atoms with Crippen LogP contribution in [-0.2, 0) is 17.8 Å². The van der Waals surface area contributed by atoms with E-state index >= 15 is 0 Å². The van der Waals surface area contributed by atoms with Crippen LogP contribution >= 0.6 is 0 Å². The molecule has 3 rings (SSSR count). The van der Waals surface area contributed by atoms with Gasteiger partial charge in [0.05, 0.1) is 19.1 Å². The predicted molar refractivity (Wildman–Crippen MR) is 90.0 cm³/mol. The van der Waals surface area contributed by atoms with Crippen molar-refractivity contribution >= 4 is 5.91 Å². The molecular weight excluding hydrogens is 288 g/mol. The summed E-state index contributed by atoms with van der Waals surface area (Å²) in [7, 11) is 1.92. The fraction of sp³-hybridized carbons (Fsp3) is 0.444. The van der Waals surface area contributed by atoms with Gasteiger partial charge in [-0.2, -0.15) is 5.10 Å². The standard InChI is InChI=1S/C18H24N4O/c1-21(17-9-4-7-15-6-2-3-8-16(15)17)18(23)14-19-11-13-22-12-5-10-20-22/h2-3,5-6,8,10,12,17,19H,4,7,9,11,13-14H2,1H3. The van der Waals surface area contributed by atoms with Crippen LogP contribution in [0.1, 0.15) is 30.0 Å². The number of aromatic nitrogens is 2. The molecule has 0 bridgehead atoms. The lowest BCUT2D eigenvalue weighted by molar-refractivity contribution is -0.131. The molecule has 122 valence electrons. The molecule has 1 aromatic carbocycles. The second-order valence-corrected chi connectivity index (χ2v) is 6.06. The number of likely N-dealkylation sites (N-methyl/N-ethyl adjacent to an activating group) is 1. The Balaban J connectivity index is 1.51. The highest BCUT2D eigenvalue weighted by atomic mass is 16.2. The number of hydrogen-bond donors (Lipinski definition) is 1. The topological polar surface area (TPSA) is 50.2 Å². The normalized spacial score (nSPS) is 16.8. The zero-order valence-corrected chi connectivity index (χ0v) is 13.6. The second-order valence-electron chi connectivity index (χ2n) is 6.06. The van der Waals surface area contributed by atoms with Crippen molar-refractivity contribution in [3.63, 3.8) is 0 Å². The van der Waals surface area contributed by atoms with Crippen molar-refractivity contribution in [2.45, 2.75) is 31.8 Å². The molecule has 1 heterocycles. The number of fused-ring (bicyclic) bond motifs is 1. The Morgan fingerprint density at radius 3 is 3.09 bits per heavy atom. The third kappa shape index (κ3) is 3.79. The molecule has 1 aliphatic carbocycles. The molecule has 1 atom stereocenters. The number of nitrogens with one attached hydrogen (secondary N) is 1. The SMILES string of the molecule is CN(C(=O)CNCCn1cccn1)C1CCCc2ccccc21. The van der Waals surface area contributed by atoms with Crippen LogP contribution in [0.25, 0.3) is 0 Å². The number of aryl methyl sites for hydroxylation is 1. The Hall–Kier alpha value is -2.14. The van der Waals surface area contributed by atoms with E-state index < -0.39 is 0 Å². The summed E-state index contributed by atoms with van der Waals surface area (Å²) in [5.74, 6) is 0.146. The average Bonchev–Trinajstić information content (AvgIpc) is 3.11. The van der Waals surface area contributed by atoms with E-state index in [9.17, 15) is 4.79 Å². The summed E-state index contributed by atoms with van der Waals surface area (Å²) >= 11 is 0. The molecule has 0 fully saturated rings. The number of benzene rings is 1. The van der Waals surface area contributed by atoms with Crippen LogP contribution < -0.4 is 5.32 Å². The maximum Gasteiger partial charge on any atom is 0.236 e. The van der Waals surface area contributed by atoms with Crippen molar-refractivity contribution in [1.29, 1.82) is 0 Å². The first-order chi connectivity index (χ1) is 11.3. The zero-order valence-electron chi connectivity index (χ0n) is 13.6. The molecule has 1 amide bonds. The van der Waals surface area contributed by atoms with Crippen molar-refractivity contribution in [2.24, 2.45) is 0 Å². The van der Waals surface area contributed by atoms with Crippen molar-refractivity contribution in [3.8, 4) is 0 Å². The summed E-state index contributed by atoms with van der Waals surface area (Å²) in [6.07, 6.45) is 7.00. The Kier molecular flexibility index (Phi) is 5.08. The molecule has 0 aliphatic heterocycles. The van der Waals surface area contributed by atoms with Gasteiger partial charge in [0.1, 0.15) is 0 Å². The van der Waals surface area contributed by atoms with Crippen LogP contribution in [-0.4, -0.2) is 40.7 Å². The van der Waals surface area contributed by atoms with E-state index in [1.54, 1.807) is 6.20 Å². The highest BCUT2D eigenvalue weighted by Crippen LogP contribution is 2.33. The van der Waals surface area contributed by atoms with Gasteiger partial charge in [-0.1, -0.05) is 24.3 Å². The summed E-state index contributed by atoms with van der Waals surface area (Å²) in [4.78, 5) is 14.4. The largest absolute Gasteiger partial charge is 0.338 e. The third-order valence-corrected chi connectivity index (χ3v) is 4.55. The van der Waals surface area contributed by atoms with Gasteiger partial charge in [0.25, 0.3) is 0 Å². The van der Waals surface area contributed by atoms with Crippen LogP contribution in [0.3, 0.4) is 0 Å². The van der Waals surface area contributed by atoms with Gasteiger partial charge in [-0.3, -0.25) is 9.48 Å². The molecule has 5 heteroatoms. The first kappa shape index (κ1) is 15.7. The van der Waals surface area contributed by atoms with Crippen LogP contribution in [0.2, 0.25) is 0 Å². The van der Waals surface area contributed by atoms with E-state index in [1.165, 1.54) is 11.1 Å². The van der Waals surface area contributed by atoms with E-state index in [0.29, 0.717) is 6.54 Å². The fourth-order valence-corrected chi connectivity index (χ4v) is 3.25. The molecule has 0 radical (unpaired) electrons. The maximum atomic E-state index is 12.5. The molecule has 1 N–H and O–H groups in total. The van der Waals surface area contributed by atoms with E-state index in [4.69, 9.17) is 0 Å². The maximum absolute atomic E-state index is 12.5. The summed E-state index contributed by atoms with van der Waals surface area (Å²) < 4.78 is 1.86. The third-order valence-electron chi connectivity index (χ3n) is 4.55. The van der Waals surface area contributed by atoms with Gasteiger partial charge in [-0.25, -0.2) is 0 Å². The van der Waals surface area contributed by atoms with Crippen molar-refractivity contribution in [2.75, 3.05) is 20.1 Å². The Bertz CT molecular complexity index is 638. The number of rotatable bonds is 6. The highest BCUT2D eigenvalue weighted by Gasteiger charge is 2.25. The molecule has 1 aromatic heterocycles. The smallest absolute Gasteiger partial charge is 0.236 e. The molecule has 0 spiro atoms. The molecule has 0 saturated heterocycles. The predicted octanol–water partition coefficient (Wildman–Crippen LogP) is 2.01. The van der Waals surface area contributed by atoms with E-state index in [0.717, 1.165) is 32.4 Å². The minimum absolute atomic E-state index is 0.146. The van der Waals surface area contributed by atoms with E-state index in [1.807, 2.05) is 28.9 Å². The molecule has 1 aliphatic rings. The number of carbonyl (C=O) groups excluding carboxylic acids is 1. The van der Waals surface area contributed by atoms with Gasteiger partial charge < -0.3 is 10.2 Å².